The van der Waals surface area contributed by atoms with Crippen molar-refractivity contribution in [1.82, 2.24) is 24.9 Å². The van der Waals surface area contributed by atoms with Crippen LogP contribution in [0.1, 0.15) is 25.3 Å². The van der Waals surface area contributed by atoms with Gasteiger partial charge in [-0.15, -0.1) is 0 Å². The van der Waals surface area contributed by atoms with Crippen molar-refractivity contribution in [3.05, 3.63) is 33.9 Å². The third-order valence-electron chi connectivity index (χ3n) is 9.20. The van der Waals surface area contributed by atoms with E-state index in [9.17, 15) is 65.0 Å². The molecule has 2 aliphatic heterocycles. The molecule has 22 heteroatoms. The summed E-state index contributed by atoms with van der Waals surface area (Å²) < 4.78 is 16.0. The molecule has 6 unspecified atom stereocenters. The molecule has 2 saturated heterocycles. The monoisotopic (exact) mass is 788 g/mol. The van der Waals surface area contributed by atoms with E-state index in [0.29, 0.717) is 26.1 Å². The average molecular weight is 789 g/mol. The van der Waals surface area contributed by atoms with Crippen LogP contribution in [0.5, 0.6) is 5.75 Å². The van der Waals surface area contributed by atoms with Gasteiger partial charge in [0, 0.05) is 71.0 Å². The number of aliphatic hydroxyl groups excluding tert-OH is 4. The molecule has 0 spiro atoms. The summed E-state index contributed by atoms with van der Waals surface area (Å²) in [7, 11) is 0. The van der Waals surface area contributed by atoms with E-state index in [1.54, 1.807) is 14.7 Å². The number of nitro groups is 1. The number of rotatable bonds is 17. The first-order valence-corrected chi connectivity index (χ1v) is 17.8. The van der Waals surface area contributed by atoms with Crippen LogP contribution in [0.4, 0.5) is 10.5 Å². The van der Waals surface area contributed by atoms with Crippen LogP contribution in [-0.2, 0) is 30.5 Å². The summed E-state index contributed by atoms with van der Waals surface area (Å²) >= 11 is 0. The molecule has 310 valence electrons. The van der Waals surface area contributed by atoms with E-state index in [1.807, 2.05) is 11.8 Å². The van der Waals surface area contributed by atoms with Crippen LogP contribution < -0.4 is 10.1 Å². The zero-order chi connectivity index (χ0) is 40.7. The Morgan fingerprint density at radius 2 is 1.47 bits per heavy atom. The number of benzene rings is 1. The number of carbonyl (C=O) groups is 4. The lowest BCUT2D eigenvalue weighted by molar-refractivity contribution is -0.387. The number of carboxylic acid groups (broad SMARTS) is 3. The van der Waals surface area contributed by atoms with Crippen LogP contribution in [0.25, 0.3) is 0 Å². The lowest BCUT2D eigenvalue weighted by Crippen LogP contribution is -2.60. The SMILES string of the molecule is CCCC1CN(CC(=O)O)CCN(CC(=O)O)CCN(CC(=O)O)CCN1CCNC(=O)OCc1ccc(OC2OC(CO)C(O)C(O)C2O)c([N+](=O)[O-])c1. The fraction of sp³-hybridized carbons (Fsp3) is 0.697. The largest absolute Gasteiger partial charge is 0.480 e. The van der Waals surface area contributed by atoms with Gasteiger partial charge in [0.1, 0.15) is 31.0 Å². The summed E-state index contributed by atoms with van der Waals surface area (Å²) in [5.41, 5.74) is -0.382. The number of ether oxygens (including phenoxy) is 3. The Morgan fingerprint density at radius 1 is 0.891 bits per heavy atom. The Kier molecular flexibility index (Phi) is 18.3. The lowest BCUT2D eigenvalue weighted by Gasteiger charge is -2.39. The minimum Gasteiger partial charge on any atom is -0.480 e. The van der Waals surface area contributed by atoms with E-state index in [0.717, 1.165) is 12.5 Å². The Balaban J connectivity index is 1.67. The minimum absolute atomic E-state index is 0.0787. The normalized spacial score (nSPS) is 25.3. The topological polar surface area (TPSA) is 306 Å². The van der Waals surface area contributed by atoms with Crippen molar-refractivity contribution in [2.45, 2.75) is 63.1 Å². The Bertz CT molecular complexity index is 1440. The summed E-state index contributed by atoms with van der Waals surface area (Å²) in [6.45, 7) is 2.38. The van der Waals surface area contributed by atoms with Gasteiger partial charge in [-0.2, -0.15) is 0 Å². The molecule has 0 radical (unpaired) electrons. The van der Waals surface area contributed by atoms with Crippen LogP contribution in [-0.4, -0.2) is 206 Å². The number of carboxylic acids is 3. The quantitative estimate of drug-likeness (QED) is 0.0605. The van der Waals surface area contributed by atoms with Crippen LogP contribution in [0.3, 0.4) is 0 Å². The number of alkyl carbamates (subject to hydrolysis) is 1. The number of nitro benzene ring substituents is 1. The van der Waals surface area contributed by atoms with Gasteiger partial charge in [-0.1, -0.05) is 19.4 Å². The number of nitrogens with one attached hydrogen (secondary N) is 1. The van der Waals surface area contributed by atoms with E-state index in [-0.39, 0.29) is 82.9 Å². The van der Waals surface area contributed by atoms with Crippen LogP contribution in [0.15, 0.2) is 18.2 Å². The molecular formula is C33H52N6O16. The van der Waals surface area contributed by atoms with Crippen molar-refractivity contribution in [3.8, 4) is 5.75 Å². The second-order valence-electron chi connectivity index (χ2n) is 13.3. The third-order valence-corrected chi connectivity index (χ3v) is 9.20. The molecule has 1 aromatic rings. The molecule has 2 heterocycles. The number of carbonyl (C=O) groups excluding carboxylic acids is 1. The van der Waals surface area contributed by atoms with Gasteiger partial charge in [-0.3, -0.25) is 44.1 Å². The number of amides is 1. The van der Waals surface area contributed by atoms with Gasteiger partial charge in [0.05, 0.1) is 31.2 Å². The summed E-state index contributed by atoms with van der Waals surface area (Å²) in [5.74, 6) is -3.51. The highest BCUT2D eigenvalue weighted by atomic mass is 16.7. The van der Waals surface area contributed by atoms with Gasteiger partial charge in [0.25, 0.3) is 0 Å². The molecule has 2 aliphatic rings. The fourth-order valence-electron chi connectivity index (χ4n) is 6.37. The smallest absolute Gasteiger partial charge is 0.407 e. The minimum atomic E-state index is -1.80. The highest BCUT2D eigenvalue weighted by Crippen LogP contribution is 2.32. The molecule has 55 heavy (non-hydrogen) atoms. The molecule has 1 aromatic carbocycles. The predicted molar refractivity (Wildman–Crippen MR) is 188 cm³/mol. The maximum absolute atomic E-state index is 12.7. The Hall–Kier alpha value is -4.26. The molecule has 22 nitrogen and oxygen atoms in total. The van der Waals surface area contributed by atoms with Crippen molar-refractivity contribution >= 4 is 29.7 Å². The highest BCUT2D eigenvalue weighted by molar-refractivity contribution is 5.70. The predicted octanol–water partition coefficient (Wildman–Crippen LogP) is -2.36. The first-order valence-electron chi connectivity index (χ1n) is 17.8. The van der Waals surface area contributed by atoms with Crippen LogP contribution in [0.2, 0.25) is 0 Å². The molecule has 0 aromatic heterocycles. The Labute approximate surface area is 316 Å². The summed E-state index contributed by atoms with van der Waals surface area (Å²) in [5, 5.41) is 82.6. The number of aliphatic hydroxyl groups is 4. The number of aliphatic carboxylic acids is 3. The summed E-state index contributed by atoms with van der Waals surface area (Å²) in [6, 6.07) is 3.40. The zero-order valence-electron chi connectivity index (χ0n) is 30.6. The van der Waals surface area contributed by atoms with Crippen molar-refractivity contribution in [3.63, 3.8) is 0 Å². The number of hydrogen-bond acceptors (Lipinski definition) is 17. The van der Waals surface area contributed by atoms with Crippen molar-refractivity contribution < 1.29 is 74.1 Å². The van der Waals surface area contributed by atoms with Crippen molar-refractivity contribution in [2.75, 3.05) is 85.1 Å². The van der Waals surface area contributed by atoms with E-state index in [4.69, 9.17) is 14.2 Å². The lowest BCUT2D eigenvalue weighted by atomic mass is 9.99. The second-order valence-corrected chi connectivity index (χ2v) is 13.3. The van der Waals surface area contributed by atoms with Crippen molar-refractivity contribution in [1.29, 1.82) is 0 Å². The summed E-state index contributed by atoms with van der Waals surface area (Å²) in [4.78, 5) is 65.8. The standard InChI is InChI=1S/C33H52N6O16/c1-2-3-22-15-37(18-28(45)46)11-10-35(16-26(41)42)8-9-36(17-27(43)44)12-13-38(22)7-6-34-33(50)53-20-21-4-5-24(23(14-21)39(51)52)54-32-31(49)30(48)29(47)25(19-40)55-32/h4-5,14,22,25,29-32,40,47-49H,2-3,6-13,15-20H2,1H3,(H,34,50)(H,41,42)(H,43,44)(H,45,46). The Morgan fingerprint density at radius 3 is 2.04 bits per heavy atom. The molecule has 3 rings (SSSR count). The molecule has 1 amide bonds. The van der Waals surface area contributed by atoms with Gasteiger partial charge in [0.2, 0.25) is 6.29 Å². The molecule has 6 atom stereocenters. The van der Waals surface area contributed by atoms with Gasteiger partial charge >= 0.3 is 29.7 Å². The van der Waals surface area contributed by atoms with E-state index in [1.165, 1.54) is 12.1 Å². The second kappa shape index (κ2) is 22.3. The number of hydrogen-bond donors (Lipinski definition) is 8. The molecule has 0 aliphatic carbocycles. The highest BCUT2D eigenvalue weighted by Gasteiger charge is 2.45. The maximum Gasteiger partial charge on any atom is 0.407 e. The van der Waals surface area contributed by atoms with Gasteiger partial charge in [0.15, 0.2) is 5.75 Å². The van der Waals surface area contributed by atoms with Crippen LogP contribution in [0, 0.1) is 10.1 Å². The van der Waals surface area contributed by atoms with Crippen molar-refractivity contribution in [2.24, 2.45) is 0 Å². The van der Waals surface area contributed by atoms with E-state index in [2.05, 4.69) is 5.32 Å². The first kappa shape index (κ1) is 45.1. The van der Waals surface area contributed by atoms with Gasteiger partial charge in [-0.05, 0) is 18.1 Å². The molecule has 0 bridgehead atoms. The molecule has 2 fully saturated rings. The average Bonchev–Trinajstić information content (AvgIpc) is 3.12. The molecule has 8 N–H and O–H groups in total. The first-order chi connectivity index (χ1) is 26.1. The van der Waals surface area contributed by atoms with E-state index < -0.39 is 71.9 Å². The van der Waals surface area contributed by atoms with Gasteiger partial charge < -0.3 is 55.3 Å². The van der Waals surface area contributed by atoms with E-state index >= 15 is 0 Å². The third kappa shape index (κ3) is 14.7. The zero-order valence-corrected chi connectivity index (χ0v) is 30.6. The fourth-order valence-corrected chi connectivity index (χ4v) is 6.37. The number of nitrogens with zero attached hydrogens (tertiary/aromatic N) is 5. The maximum atomic E-state index is 12.7. The van der Waals surface area contributed by atoms with Gasteiger partial charge in [-0.25, -0.2) is 4.79 Å². The van der Waals surface area contributed by atoms with Crippen LogP contribution >= 0.6 is 0 Å². The molecular weight excluding hydrogens is 736 g/mol. The summed E-state index contributed by atoms with van der Waals surface area (Å²) in [6.07, 6.45) is -7.63. The molecule has 0 saturated carbocycles.